The van der Waals surface area contributed by atoms with E-state index in [1.54, 1.807) is 37.7 Å². The summed E-state index contributed by atoms with van der Waals surface area (Å²) in [5.74, 6) is 0.479. The number of thiazole rings is 1. The first-order valence-electron chi connectivity index (χ1n) is 11.0. The Morgan fingerprint density at radius 2 is 1.80 bits per heavy atom. The van der Waals surface area contributed by atoms with Crippen LogP contribution in [0.4, 0.5) is 0 Å². The van der Waals surface area contributed by atoms with Crippen molar-refractivity contribution in [3.8, 4) is 11.5 Å². The number of hydrogen-bond acceptors (Lipinski definition) is 7. The van der Waals surface area contributed by atoms with Gasteiger partial charge in [0.15, 0.2) is 16.3 Å². The van der Waals surface area contributed by atoms with Gasteiger partial charge in [0.25, 0.3) is 5.56 Å². The van der Waals surface area contributed by atoms with E-state index >= 15 is 0 Å². The molecule has 2 heterocycles. The van der Waals surface area contributed by atoms with Crippen molar-refractivity contribution < 1.29 is 19.0 Å². The lowest BCUT2D eigenvalue weighted by atomic mass is 9.95. The number of halogens is 1. The van der Waals surface area contributed by atoms with Crippen LogP contribution in [0.5, 0.6) is 11.5 Å². The molecule has 0 unspecified atom stereocenters. The zero-order valence-corrected chi connectivity index (χ0v) is 22.5. The molecule has 0 aliphatic carbocycles. The Labute approximate surface area is 215 Å². The van der Waals surface area contributed by atoms with E-state index in [-0.39, 0.29) is 12.2 Å². The number of fused-ring (bicyclic) bond motifs is 1. The summed E-state index contributed by atoms with van der Waals surface area (Å²) in [5.41, 5.74) is 3.26. The molecule has 0 saturated carbocycles. The molecule has 182 valence electrons. The minimum atomic E-state index is -0.764. The SMILES string of the molecule is CCOC(=O)C1=C(C)N=c2s/c(=C\c3ccc(C)cc3)c(=O)n2[C@@H]1c1cc(OC)c(OC)cc1Br. The van der Waals surface area contributed by atoms with Crippen molar-refractivity contribution >= 4 is 39.3 Å². The van der Waals surface area contributed by atoms with Gasteiger partial charge in [-0.2, -0.15) is 0 Å². The third kappa shape index (κ3) is 4.70. The molecule has 3 aromatic rings. The Bertz CT molecular complexity index is 1500. The number of esters is 1. The van der Waals surface area contributed by atoms with Crippen LogP contribution < -0.4 is 24.4 Å². The van der Waals surface area contributed by atoms with Crippen LogP contribution >= 0.6 is 27.3 Å². The monoisotopic (exact) mass is 556 g/mol. The molecule has 7 nitrogen and oxygen atoms in total. The highest BCUT2D eigenvalue weighted by Gasteiger charge is 2.35. The van der Waals surface area contributed by atoms with E-state index in [0.29, 0.717) is 42.1 Å². The summed E-state index contributed by atoms with van der Waals surface area (Å²) in [4.78, 5) is 32.0. The van der Waals surface area contributed by atoms with Crippen LogP contribution in [0, 0.1) is 6.92 Å². The van der Waals surface area contributed by atoms with Gasteiger partial charge in [-0.15, -0.1) is 0 Å². The fourth-order valence-corrected chi connectivity index (χ4v) is 5.57. The fourth-order valence-electron chi connectivity index (χ4n) is 3.98. The van der Waals surface area contributed by atoms with Gasteiger partial charge in [-0.3, -0.25) is 9.36 Å². The van der Waals surface area contributed by atoms with Gasteiger partial charge >= 0.3 is 5.97 Å². The maximum absolute atomic E-state index is 13.7. The van der Waals surface area contributed by atoms with Crippen molar-refractivity contribution in [1.29, 1.82) is 0 Å². The molecule has 1 aliphatic rings. The van der Waals surface area contributed by atoms with E-state index in [1.165, 1.54) is 18.4 Å². The number of aromatic nitrogens is 1. The first-order valence-corrected chi connectivity index (χ1v) is 12.6. The molecule has 0 N–H and O–H groups in total. The number of nitrogens with zero attached hydrogens (tertiary/aromatic N) is 2. The Kier molecular flexibility index (Phi) is 7.28. The van der Waals surface area contributed by atoms with E-state index < -0.39 is 12.0 Å². The minimum absolute atomic E-state index is 0.202. The quantitative estimate of drug-likeness (QED) is 0.430. The van der Waals surface area contributed by atoms with Crippen LogP contribution in [0.15, 0.2) is 61.9 Å². The lowest BCUT2D eigenvalue weighted by Crippen LogP contribution is -2.40. The van der Waals surface area contributed by atoms with Crippen LogP contribution in [-0.2, 0) is 9.53 Å². The van der Waals surface area contributed by atoms with Gasteiger partial charge in [-0.1, -0.05) is 57.1 Å². The summed E-state index contributed by atoms with van der Waals surface area (Å²) in [6.45, 7) is 5.71. The molecule has 0 fully saturated rings. The number of carbonyl (C=O) groups excluding carboxylic acids is 1. The van der Waals surface area contributed by atoms with Crippen LogP contribution in [0.25, 0.3) is 6.08 Å². The maximum atomic E-state index is 13.7. The standard InChI is InChI=1S/C26H25BrN2O5S/c1-6-34-25(31)22-15(3)28-26-29(23(22)17-12-19(32-4)20(33-5)13-18(17)27)24(30)21(35-26)11-16-9-7-14(2)8-10-16/h7-13,23H,6H2,1-5H3/b21-11-/t23-/m1/s1. The number of ether oxygens (including phenoxy) is 3. The lowest BCUT2D eigenvalue weighted by Gasteiger charge is -2.26. The van der Waals surface area contributed by atoms with E-state index in [1.807, 2.05) is 37.3 Å². The van der Waals surface area contributed by atoms with E-state index in [4.69, 9.17) is 14.2 Å². The largest absolute Gasteiger partial charge is 0.493 e. The van der Waals surface area contributed by atoms with Gasteiger partial charge < -0.3 is 14.2 Å². The molecule has 9 heteroatoms. The molecule has 0 bridgehead atoms. The molecule has 0 saturated heterocycles. The van der Waals surface area contributed by atoms with Gasteiger partial charge in [0.05, 0.1) is 42.7 Å². The highest BCUT2D eigenvalue weighted by molar-refractivity contribution is 9.10. The molecule has 0 amide bonds. The maximum Gasteiger partial charge on any atom is 0.338 e. The summed E-state index contributed by atoms with van der Waals surface area (Å²) < 4.78 is 19.0. The Balaban J connectivity index is 2.01. The van der Waals surface area contributed by atoms with Crippen molar-refractivity contribution in [1.82, 2.24) is 4.57 Å². The van der Waals surface area contributed by atoms with Crippen LogP contribution in [0.1, 0.15) is 36.6 Å². The van der Waals surface area contributed by atoms with Gasteiger partial charge in [0.1, 0.15) is 0 Å². The van der Waals surface area contributed by atoms with Crippen LogP contribution in [-0.4, -0.2) is 31.4 Å². The number of rotatable bonds is 6. The van der Waals surface area contributed by atoms with Crippen molar-refractivity contribution in [2.75, 3.05) is 20.8 Å². The van der Waals surface area contributed by atoms with Crippen molar-refractivity contribution in [3.05, 3.63) is 88.5 Å². The number of carbonyl (C=O) groups is 1. The first kappa shape index (κ1) is 24.9. The molecule has 35 heavy (non-hydrogen) atoms. The third-order valence-electron chi connectivity index (χ3n) is 5.69. The summed E-state index contributed by atoms with van der Waals surface area (Å²) in [6.07, 6.45) is 1.84. The number of methoxy groups -OCH3 is 2. The predicted molar refractivity (Wildman–Crippen MR) is 139 cm³/mol. The molecule has 2 aromatic carbocycles. The molecule has 0 radical (unpaired) electrons. The summed E-state index contributed by atoms with van der Waals surface area (Å²) >= 11 is 4.89. The molecule has 1 atom stereocenters. The second kappa shape index (κ2) is 10.2. The summed E-state index contributed by atoms with van der Waals surface area (Å²) in [7, 11) is 3.09. The van der Waals surface area contributed by atoms with E-state index in [0.717, 1.165) is 11.1 Å². The molecule has 0 spiro atoms. The van der Waals surface area contributed by atoms with E-state index in [2.05, 4.69) is 20.9 Å². The van der Waals surface area contributed by atoms with Gasteiger partial charge in [-0.05, 0) is 50.1 Å². The van der Waals surface area contributed by atoms with E-state index in [9.17, 15) is 9.59 Å². The molecular weight excluding hydrogens is 532 g/mol. The normalized spacial score (nSPS) is 15.5. The second-order valence-corrected chi connectivity index (χ2v) is 9.81. The number of benzene rings is 2. The van der Waals surface area contributed by atoms with Gasteiger partial charge in [0, 0.05) is 4.47 Å². The molecular formula is C26H25BrN2O5S. The van der Waals surface area contributed by atoms with Crippen molar-refractivity contribution in [2.24, 2.45) is 4.99 Å². The van der Waals surface area contributed by atoms with Gasteiger partial charge in [-0.25, -0.2) is 9.79 Å². The fraction of sp³-hybridized carbons (Fsp3) is 0.269. The second-order valence-electron chi connectivity index (χ2n) is 7.94. The predicted octanol–water partition coefficient (Wildman–Crippen LogP) is 3.89. The Hall–Kier alpha value is -3.17. The lowest BCUT2D eigenvalue weighted by molar-refractivity contribution is -0.139. The van der Waals surface area contributed by atoms with Crippen molar-refractivity contribution in [3.63, 3.8) is 0 Å². The zero-order chi connectivity index (χ0) is 25.3. The third-order valence-corrected chi connectivity index (χ3v) is 7.36. The Morgan fingerprint density at radius 1 is 1.14 bits per heavy atom. The summed E-state index contributed by atoms with van der Waals surface area (Å²) in [5, 5.41) is 0. The first-order chi connectivity index (χ1) is 16.8. The number of aryl methyl sites for hydroxylation is 1. The summed E-state index contributed by atoms with van der Waals surface area (Å²) in [6, 6.07) is 10.7. The smallest absolute Gasteiger partial charge is 0.338 e. The van der Waals surface area contributed by atoms with Gasteiger partial charge in [0.2, 0.25) is 0 Å². The number of hydrogen-bond donors (Lipinski definition) is 0. The average Bonchev–Trinajstić information content (AvgIpc) is 3.14. The average molecular weight is 557 g/mol. The topological polar surface area (TPSA) is 79.1 Å². The molecule has 1 aliphatic heterocycles. The molecule has 4 rings (SSSR count). The minimum Gasteiger partial charge on any atom is -0.493 e. The zero-order valence-electron chi connectivity index (χ0n) is 20.0. The van der Waals surface area contributed by atoms with Crippen LogP contribution in [0.2, 0.25) is 0 Å². The highest BCUT2D eigenvalue weighted by Crippen LogP contribution is 2.40. The number of allylic oxidation sites excluding steroid dienone is 1. The van der Waals surface area contributed by atoms with Crippen LogP contribution in [0.3, 0.4) is 0 Å². The highest BCUT2D eigenvalue weighted by atomic mass is 79.9. The van der Waals surface area contributed by atoms with Crippen molar-refractivity contribution in [2.45, 2.75) is 26.8 Å². The Morgan fingerprint density at radius 3 is 2.43 bits per heavy atom. The molecule has 1 aromatic heterocycles.